The minimum Gasteiger partial charge on any atom is -0.272 e. The smallest absolute Gasteiger partial charge is 0.253 e. The van der Waals surface area contributed by atoms with Crippen molar-refractivity contribution in [3.63, 3.8) is 0 Å². The molecule has 4 nitrogen and oxygen atoms in total. The van der Waals surface area contributed by atoms with Crippen molar-refractivity contribution < 1.29 is 4.79 Å². The Kier molecular flexibility index (Phi) is 4.24. The van der Waals surface area contributed by atoms with Crippen LogP contribution in [0.5, 0.6) is 0 Å². The molecule has 0 aliphatic carbocycles. The van der Waals surface area contributed by atoms with Gasteiger partial charge in [-0.15, -0.1) is 0 Å². The zero-order valence-electron chi connectivity index (χ0n) is 7.82. The number of hydrogen-bond acceptors (Lipinski definition) is 4. The Bertz CT molecular complexity index is 217. The summed E-state index contributed by atoms with van der Waals surface area (Å²) in [6, 6.07) is 0. The number of thioether (sulfide) groups is 1. The highest BCUT2D eigenvalue weighted by Crippen LogP contribution is 2.15. The van der Waals surface area contributed by atoms with Crippen molar-refractivity contribution in [2.45, 2.75) is 26.2 Å². The Labute approximate surface area is 82.5 Å². The average molecular weight is 201 g/mol. The molecule has 0 aromatic heterocycles. The summed E-state index contributed by atoms with van der Waals surface area (Å²) in [5.41, 5.74) is 0. The van der Waals surface area contributed by atoms with Crippen molar-refractivity contribution >= 4 is 22.8 Å². The third-order valence-electron chi connectivity index (χ3n) is 1.81. The minimum atomic E-state index is -0.0563. The van der Waals surface area contributed by atoms with E-state index < -0.39 is 0 Å². The molecule has 0 aromatic rings. The van der Waals surface area contributed by atoms with Crippen LogP contribution < -0.4 is 5.84 Å². The van der Waals surface area contributed by atoms with Gasteiger partial charge in [0, 0.05) is 6.54 Å². The fourth-order valence-corrected chi connectivity index (χ4v) is 1.85. The molecule has 1 rings (SSSR count). The SMILES string of the molecule is CCCCC/N=C1/SCC(=O)N1N. The number of rotatable bonds is 4. The Morgan fingerprint density at radius 3 is 2.92 bits per heavy atom. The molecule has 74 valence electrons. The fraction of sp³-hybridized carbons (Fsp3) is 0.750. The van der Waals surface area contributed by atoms with Gasteiger partial charge in [0.2, 0.25) is 0 Å². The normalized spacial score (nSPS) is 20.3. The van der Waals surface area contributed by atoms with E-state index in [0.29, 0.717) is 10.9 Å². The second kappa shape index (κ2) is 5.24. The molecule has 2 N–H and O–H groups in total. The van der Waals surface area contributed by atoms with Crippen LogP contribution in [0.1, 0.15) is 26.2 Å². The summed E-state index contributed by atoms with van der Waals surface area (Å²) in [5, 5.41) is 1.82. The predicted octanol–water partition coefficient (Wildman–Crippen LogP) is 0.982. The van der Waals surface area contributed by atoms with Crippen LogP contribution in [0.15, 0.2) is 4.99 Å². The molecule has 0 spiro atoms. The summed E-state index contributed by atoms with van der Waals surface area (Å²) in [5.74, 6) is 5.85. The first-order valence-corrected chi connectivity index (χ1v) is 5.49. The van der Waals surface area contributed by atoms with Crippen molar-refractivity contribution in [2.24, 2.45) is 10.8 Å². The van der Waals surface area contributed by atoms with Gasteiger partial charge in [0.15, 0.2) is 5.17 Å². The van der Waals surface area contributed by atoms with Crippen molar-refractivity contribution in [2.75, 3.05) is 12.3 Å². The van der Waals surface area contributed by atoms with E-state index >= 15 is 0 Å². The number of hydrogen-bond donors (Lipinski definition) is 1. The number of amides is 1. The lowest BCUT2D eigenvalue weighted by molar-refractivity contribution is -0.124. The maximum absolute atomic E-state index is 11.0. The summed E-state index contributed by atoms with van der Waals surface area (Å²) < 4.78 is 0. The summed E-state index contributed by atoms with van der Waals surface area (Å²) in [6.45, 7) is 2.92. The molecule has 1 aliphatic heterocycles. The molecule has 1 amide bonds. The molecule has 0 bridgehead atoms. The van der Waals surface area contributed by atoms with Crippen LogP contribution in [0.3, 0.4) is 0 Å². The molecule has 0 atom stereocenters. The van der Waals surface area contributed by atoms with Gasteiger partial charge >= 0.3 is 0 Å². The van der Waals surface area contributed by atoms with Gasteiger partial charge in [0.1, 0.15) is 0 Å². The maximum Gasteiger partial charge on any atom is 0.253 e. The van der Waals surface area contributed by atoms with Crippen LogP contribution in [0, 0.1) is 0 Å². The third kappa shape index (κ3) is 3.00. The van der Waals surface area contributed by atoms with Crippen molar-refractivity contribution in [3.05, 3.63) is 0 Å². The van der Waals surface area contributed by atoms with E-state index in [1.54, 1.807) is 0 Å². The highest BCUT2D eigenvalue weighted by Gasteiger charge is 2.24. The first kappa shape index (κ1) is 10.5. The van der Waals surface area contributed by atoms with Gasteiger partial charge in [0.25, 0.3) is 5.91 Å². The van der Waals surface area contributed by atoms with Gasteiger partial charge in [-0.2, -0.15) is 0 Å². The van der Waals surface area contributed by atoms with Crippen LogP contribution in [-0.2, 0) is 4.79 Å². The highest BCUT2D eigenvalue weighted by atomic mass is 32.2. The largest absolute Gasteiger partial charge is 0.272 e. The Morgan fingerprint density at radius 1 is 1.62 bits per heavy atom. The fourth-order valence-electron chi connectivity index (χ4n) is 1.03. The maximum atomic E-state index is 11.0. The molecule has 1 heterocycles. The first-order valence-electron chi connectivity index (χ1n) is 4.50. The molecular formula is C8H15N3OS. The lowest BCUT2D eigenvalue weighted by Crippen LogP contribution is -2.36. The zero-order chi connectivity index (χ0) is 9.68. The monoisotopic (exact) mass is 201 g/mol. The quantitative estimate of drug-likeness (QED) is 0.419. The summed E-state index contributed by atoms with van der Waals surface area (Å²) in [4.78, 5) is 15.2. The van der Waals surface area contributed by atoms with Gasteiger partial charge in [0.05, 0.1) is 5.75 Å². The van der Waals surface area contributed by atoms with Crippen LogP contribution in [-0.4, -0.2) is 28.4 Å². The molecule has 1 fully saturated rings. The topological polar surface area (TPSA) is 58.7 Å². The van der Waals surface area contributed by atoms with Crippen molar-refractivity contribution in [1.29, 1.82) is 0 Å². The number of amidine groups is 1. The Morgan fingerprint density at radius 2 is 2.38 bits per heavy atom. The van der Waals surface area contributed by atoms with E-state index in [0.717, 1.165) is 18.0 Å². The van der Waals surface area contributed by atoms with Crippen LogP contribution in [0.4, 0.5) is 0 Å². The standard InChI is InChI=1S/C8H15N3OS/c1-2-3-4-5-10-8-11(9)7(12)6-13-8/h2-6,9H2,1H3/b10-8+. The van der Waals surface area contributed by atoms with Gasteiger partial charge in [-0.3, -0.25) is 9.79 Å². The average Bonchev–Trinajstić information content (AvgIpc) is 2.43. The van der Waals surface area contributed by atoms with E-state index in [2.05, 4.69) is 11.9 Å². The minimum absolute atomic E-state index is 0.0563. The number of nitrogens with zero attached hydrogens (tertiary/aromatic N) is 2. The van der Waals surface area contributed by atoms with Crippen LogP contribution in [0.2, 0.25) is 0 Å². The molecule has 0 unspecified atom stereocenters. The highest BCUT2D eigenvalue weighted by molar-refractivity contribution is 8.15. The van der Waals surface area contributed by atoms with Crippen LogP contribution >= 0.6 is 11.8 Å². The number of unbranched alkanes of at least 4 members (excludes halogenated alkanes) is 2. The molecule has 1 saturated heterocycles. The summed E-state index contributed by atoms with van der Waals surface area (Å²) in [6.07, 6.45) is 3.44. The number of nitrogens with two attached hydrogens (primary N) is 1. The van der Waals surface area contributed by atoms with Crippen molar-refractivity contribution in [1.82, 2.24) is 5.01 Å². The second-order valence-electron chi connectivity index (χ2n) is 2.92. The molecule has 0 radical (unpaired) electrons. The van der Waals surface area contributed by atoms with Gasteiger partial charge < -0.3 is 0 Å². The Balaban J connectivity index is 2.30. The summed E-state index contributed by atoms with van der Waals surface area (Å²) >= 11 is 1.42. The molecule has 5 heteroatoms. The number of carbonyl (C=O) groups excluding carboxylic acids is 1. The predicted molar refractivity (Wildman–Crippen MR) is 55.3 cm³/mol. The first-order chi connectivity index (χ1) is 6.25. The van der Waals surface area contributed by atoms with E-state index in [1.165, 1.54) is 24.6 Å². The number of carbonyl (C=O) groups is 1. The van der Waals surface area contributed by atoms with E-state index in [1.807, 2.05) is 0 Å². The molecular weight excluding hydrogens is 186 g/mol. The second-order valence-corrected chi connectivity index (χ2v) is 3.87. The van der Waals surface area contributed by atoms with Crippen LogP contribution in [0.25, 0.3) is 0 Å². The van der Waals surface area contributed by atoms with E-state index in [4.69, 9.17) is 5.84 Å². The summed E-state index contributed by atoms with van der Waals surface area (Å²) in [7, 11) is 0. The number of aliphatic imine (C=N–C) groups is 1. The lowest BCUT2D eigenvalue weighted by atomic mass is 10.2. The van der Waals surface area contributed by atoms with E-state index in [-0.39, 0.29) is 5.91 Å². The van der Waals surface area contributed by atoms with Gasteiger partial charge in [-0.05, 0) is 6.42 Å². The van der Waals surface area contributed by atoms with E-state index in [9.17, 15) is 4.79 Å². The third-order valence-corrected chi connectivity index (χ3v) is 2.78. The molecule has 0 aromatic carbocycles. The van der Waals surface area contributed by atoms with Gasteiger partial charge in [-0.25, -0.2) is 10.9 Å². The molecule has 13 heavy (non-hydrogen) atoms. The number of hydrazine groups is 1. The molecule has 0 saturated carbocycles. The Hall–Kier alpha value is -0.550. The van der Waals surface area contributed by atoms with Gasteiger partial charge in [-0.1, -0.05) is 31.5 Å². The lowest BCUT2D eigenvalue weighted by Gasteiger charge is -2.06. The van der Waals surface area contributed by atoms with Crippen molar-refractivity contribution in [3.8, 4) is 0 Å². The zero-order valence-corrected chi connectivity index (χ0v) is 8.64. The molecule has 1 aliphatic rings.